The van der Waals surface area contributed by atoms with Crippen LogP contribution in [-0.4, -0.2) is 42.9 Å². The predicted octanol–water partition coefficient (Wildman–Crippen LogP) is 0.731. The van der Waals surface area contributed by atoms with Crippen molar-refractivity contribution in [2.45, 2.75) is 11.3 Å². The maximum atomic E-state index is 12.0. The van der Waals surface area contributed by atoms with Gasteiger partial charge in [0, 0.05) is 41.3 Å². The maximum absolute atomic E-state index is 12.0. The third-order valence-electron chi connectivity index (χ3n) is 2.37. The lowest BCUT2D eigenvalue weighted by Crippen LogP contribution is -2.28. The second kappa shape index (κ2) is 8.51. The van der Waals surface area contributed by atoms with Crippen LogP contribution in [0, 0.1) is 11.8 Å². The van der Waals surface area contributed by atoms with Gasteiger partial charge in [-0.15, -0.1) is 0 Å². The first-order valence-corrected chi connectivity index (χ1v) is 9.64. The summed E-state index contributed by atoms with van der Waals surface area (Å²) in [7, 11) is -4.80. The van der Waals surface area contributed by atoms with Gasteiger partial charge in [0.05, 0.1) is 11.6 Å². The van der Waals surface area contributed by atoms with Gasteiger partial charge in [-0.3, -0.25) is 4.21 Å². The number of hydrogen-bond donors (Lipinski definition) is 2. The van der Waals surface area contributed by atoms with E-state index in [4.69, 9.17) is 16.7 Å². The molecule has 8 heteroatoms. The number of benzene rings is 1. The van der Waals surface area contributed by atoms with E-state index in [1.54, 1.807) is 6.07 Å². The molecule has 0 saturated carbocycles. The average molecular weight is 350 g/mol. The Labute approximate surface area is 132 Å². The van der Waals surface area contributed by atoms with E-state index in [9.17, 15) is 12.6 Å². The molecule has 0 amide bonds. The van der Waals surface area contributed by atoms with Gasteiger partial charge >= 0.3 is 0 Å². The molecule has 1 unspecified atom stereocenters. The lowest BCUT2D eigenvalue weighted by atomic mass is 10.2. The molecule has 0 saturated heterocycles. The first kappa shape index (κ1) is 18.1. The van der Waals surface area contributed by atoms with Crippen LogP contribution in [-0.2, 0) is 20.8 Å². The molecule has 21 heavy (non-hydrogen) atoms. The third kappa shape index (κ3) is 6.16. The molecule has 0 spiro atoms. The van der Waals surface area contributed by atoms with Crippen molar-refractivity contribution in [3.05, 3.63) is 28.8 Å². The van der Waals surface area contributed by atoms with Crippen molar-refractivity contribution in [2.75, 3.05) is 25.2 Å². The van der Waals surface area contributed by atoms with Crippen LogP contribution in [0.4, 0.5) is 0 Å². The van der Waals surface area contributed by atoms with Crippen molar-refractivity contribution in [3.63, 3.8) is 0 Å². The van der Waals surface area contributed by atoms with E-state index < -0.39 is 20.8 Å². The molecular formula is C13H16ClNO4S2. The predicted molar refractivity (Wildman–Crippen MR) is 84.2 cm³/mol. The molecule has 1 aromatic rings. The lowest BCUT2D eigenvalue weighted by Gasteiger charge is -2.08. The monoisotopic (exact) mass is 349 g/mol. The van der Waals surface area contributed by atoms with E-state index in [2.05, 4.69) is 16.6 Å². The zero-order chi connectivity index (χ0) is 15.9. The number of nitrogens with one attached hydrogen (secondary N) is 1. The van der Waals surface area contributed by atoms with Gasteiger partial charge in [-0.05, 0) is 18.2 Å². The number of sulfonamides is 1. The summed E-state index contributed by atoms with van der Waals surface area (Å²) < 4.78 is 37.4. The first-order chi connectivity index (χ1) is 9.86. The number of aliphatic hydroxyl groups is 1. The second-order valence-electron chi connectivity index (χ2n) is 4.10. The minimum absolute atomic E-state index is 0.0318. The summed E-state index contributed by atoms with van der Waals surface area (Å²) in [5, 5.41) is 8.70. The van der Waals surface area contributed by atoms with Crippen molar-refractivity contribution in [2.24, 2.45) is 0 Å². The van der Waals surface area contributed by atoms with Gasteiger partial charge in [0.25, 0.3) is 0 Å². The van der Waals surface area contributed by atoms with Crippen LogP contribution in [0.25, 0.3) is 0 Å². The molecule has 1 rings (SSSR count). The largest absolute Gasteiger partial charge is 0.395 e. The molecule has 1 aromatic carbocycles. The molecule has 0 heterocycles. The molecule has 0 aliphatic heterocycles. The molecule has 0 aliphatic carbocycles. The van der Waals surface area contributed by atoms with Crippen molar-refractivity contribution < 1.29 is 17.7 Å². The fourth-order valence-electron chi connectivity index (χ4n) is 1.41. The summed E-state index contributed by atoms with van der Waals surface area (Å²) in [4.78, 5) is -0.0428. The van der Waals surface area contributed by atoms with Crippen LogP contribution >= 0.6 is 11.6 Å². The number of rotatable bonds is 6. The highest BCUT2D eigenvalue weighted by Crippen LogP contribution is 2.22. The molecule has 1 atom stereocenters. The van der Waals surface area contributed by atoms with Gasteiger partial charge in [0.1, 0.15) is 4.90 Å². The SMILES string of the molecule is CS(=O)CCNS(=O)(=O)c1ccc(C#CCCO)cc1Cl. The first-order valence-electron chi connectivity index (χ1n) is 6.06. The maximum Gasteiger partial charge on any atom is 0.242 e. The van der Waals surface area contributed by atoms with Gasteiger partial charge in [0.15, 0.2) is 0 Å². The van der Waals surface area contributed by atoms with Crippen molar-refractivity contribution in [1.29, 1.82) is 0 Å². The minimum atomic E-state index is -3.73. The quantitative estimate of drug-likeness (QED) is 0.742. The topological polar surface area (TPSA) is 83.5 Å². The highest BCUT2D eigenvalue weighted by Gasteiger charge is 2.17. The summed E-state index contributed by atoms with van der Waals surface area (Å²) in [6, 6.07) is 4.37. The average Bonchev–Trinajstić information content (AvgIpc) is 2.38. The van der Waals surface area contributed by atoms with E-state index in [0.717, 1.165) is 0 Å². The molecule has 2 N–H and O–H groups in total. The van der Waals surface area contributed by atoms with E-state index in [-0.39, 0.29) is 28.8 Å². The van der Waals surface area contributed by atoms with Crippen LogP contribution in [0.1, 0.15) is 12.0 Å². The Bertz CT molecular complexity index is 677. The summed E-state index contributed by atoms with van der Waals surface area (Å²) in [6.45, 7) is 0.0513. The van der Waals surface area contributed by atoms with Crippen LogP contribution in [0.5, 0.6) is 0 Å². The number of aliphatic hydroxyl groups excluding tert-OH is 1. The van der Waals surface area contributed by atoms with Gasteiger partial charge in [-0.25, -0.2) is 13.1 Å². The molecule has 0 radical (unpaired) electrons. The Morgan fingerprint density at radius 2 is 2.14 bits per heavy atom. The van der Waals surface area contributed by atoms with E-state index >= 15 is 0 Å². The Hall–Kier alpha value is -0.910. The second-order valence-corrected chi connectivity index (χ2v) is 7.79. The fourth-order valence-corrected chi connectivity index (χ4v) is 3.51. The van der Waals surface area contributed by atoms with Crippen LogP contribution < -0.4 is 4.72 Å². The highest BCUT2D eigenvalue weighted by atomic mass is 35.5. The van der Waals surface area contributed by atoms with E-state index in [1.165, 1.54) is 18.4 Å². The zero-order valence-corrected chi connectivity index (χ0v) is 13.8. The summed E-state index contributed by atoms with van der Waals surface area (Å²) in [5.41, 5.74) is 0.571. The number of halogens is 1. The lowest BCUT2D eigenvalue weighted by molar-refractivity contribution is 0.305. The van der Waals surface area contributed by atoms with Gasteiger partial charge < -0.3 is 5.11 Å². The van der Waals surface area contributed by atoms with Gasteiger partial charge in [-0.2, -0.15) is 0 Å². The van der Waals surface area contributed by atoms with Crippen molar-refractivity contribution in [3.8, 4) is 11.8 Å². The zero-order valence-electron chi connectivity index (χ0n) is 11.4. The molecular weight excluding hydrogens is 334 g/mol. The van der Waals surface area contributed by atoms with Gasteiger partial charge in [0.2, 0.25) is 10.0 Å². The Balaban J connectivity index is 2.89. The van der Waals surface area contributed by atoms with Gasteiger partial charge in [-0.1, -0.05) is 23.4 Å². The van der Waals surface area contributed by atoms with Crippen LogP contribution in [0.15, 0.2) is 23.1 Å². The van der Waals surface area contributed by atoms with E-state index in [1.807, 2.05) is 0 Å². The summed E-state index contributed by atoms with van der Waals surface area (Å²) in [6.07, 6.45) is 1.84. The normalized spacial score (nSPS) is 12.5. The summed E-state index contributed by atoms with van der Waals surface area (Å²) in [5.74, 6) is 5.74. The molecule has 5 nitrogen and oxygen atoms in total. The Morgan fingerprint density at radius 3 is 2.71 bits per heavy atom. The van der Waals surface area contributed by atoms with Crippen molar-refractivity contribution in [1.82, 2.24) is 4.72 Å². The summed E-state index contributed by atoms with van der Waals surface area (Å²) >= 11 is 5.97. The van der Waals surface area contributed by atoms with E-state index in [0.29, 0.717) is 12.0 Å². The standard InChI is InChI=1S/C13H16ClNO4S2/c1-20(17)9-7-15-21(18,19)13-6-5-11(10-12(13)14)4-2-3-8-16/h5-6,10,15-16H,3,7-9H2,1H3. The molecule has 0 aliphatic rings. The molecule has 0 fully saturated rings. The fraction of sp³-hybridized carbons (Fsp3) is 0.385. The molecule has 0 bridgehead atoms. The number of hydrogen-bond acceptors (Lipinski definition) is 4. The molecule has 116 valence electrons. The Morgan fingerprint density at radius 1 is 1.43 bits per heavy atom. The minimum Gasteiger partial charge on any atom is -0.395 e. The van der Waals surface area contributed by atoms with Crippen LogP contribution in [0.3, 0.4) is 0 Å². The highest BCUT2D eigenvalue weighted by molar-refractivity contribution is 7.89. The Kier molecular flexibility index (Phi) is 7.35. The van der Waals surface area contributed by atoms with Crippen molar-refractivity contribution >= 4 is 32.4 Å². The third-order valence-corrected chi connectivity index (χ3v) is 5.10. The smallest absolute Gasteiger partial charge is 0.242 e. The van der Waals surface area contributed by atoms with Crippen LogP contribution in [0.2, 0.25) is 5.02 Å². The molecule has 0 aromatic heterocycles.